The van der Waals surface area contributed by atoms with Gasteiger partial charge >= 0.3 is 6.18 Å². The predicted molar refractivity (Wildman–Crippen MR) is 73.0 cm³/mol. The van der Waals surface area contributed by atoms with E-state index in [9.17, 15) is 13.2 Å². The normalized spacial score (nSPS) is 13.8. The van der Waals surface area contributed by atoms with E-state index in [4.69, 9.17) is 0 Å². The molecule has 1 rings (SSSR count). The fourth-order valence-corrected chi connectivity index (χ4v) is 3.47. The standard InChI is InChI=1S/C12H17BrF3NS/c1-2-7-17-10(4-3-6-12(14,15)16)11-9(13)5-8-18-11/h5,8,10,17H,2-4,6-7H2,1H3. The van der Waals surface area contributed by atoms with Crippen LogP contribution in [-0.4, -0.2) is 12.7 Å². The number of thiophene rings is 1. The third kappa shape index (κ3) is 5.71. The first-order valence-corrected chi connectivity index (χ1v) is 7.64. The van der Waals surface area contributed by atoms with Crippen molar-refractivity contribution in [3.8, 4) is 0 Å². The highest BCUT2D eigenvalue weighted by Crippen LogP contribution is 2.33. The van der Waals surface area contributed by atoms with Gasteiger partial charge in [0.05, 0.1) is 0 Å². The van der Waals surface area contributed by atoms with Crippen molar-refractivity contribution in [2.75, 3.05) is 6.54 Å². The van der Waals surface area contributed by atoms with Crippen LogP contribution in [0.3, 0.4) is 0 Å². The fraction of sp³-hybridized carbons (Fsp3) is 0.667. The molecule has 1 nitrogen and oxygen atoms in total. The molecular formula is C12H17BrF3NS. The highest BCUT2D eigenvalue weighted by Gasteiger charge is 2.27. The van der Waals surface area contributed by atoms with E-state index < -0.39 is 12.6 Å². The van der Waals surface area contributed by atoms with Crippen molar-refractivity contribution in [1.29, 1.82) is 0 Å². The Kier molecular flexibility index (Phi) is 6.66. The molecule has 0 radical (unpaired) electrons. The van der Waals surface area contributed by atoms with Crippen molar-refractivity contribution in [2.45, 2.75) is 44.8 Å². The second kappa shape index (κ2) is 7.50. The number of hydrogen-bond donors (Lipinski definition) is 1. The Morgan fingerprint density at radius 3 is 2.67 bits per heavy atom. The van der Waals surface area contributed by atoms with Crippen LogP contribution in [0.2, 0.25) is 0 Å². The summed E-state index contributed by atoms with van der Waals surface area (Å²) in [6.45, 7) is 2.87. The highest BCUT2D eigenvalue weighted by molar-refractivity contribution is 9.10. The zero-order valence-electron chi connectivity index (χ0n) is 10.2. The zero-order valence-corrected chi connectivity index (χ0v) is 12.6. The number of alkyl halides is 3. The van der Waals surface area contributed by atoms with Gasteiger partial charge in [0.15, 0.2) is 0 Å². The lowest BCUT2D eigenvalue weighted by atomic mass is 10.1. The number of halogens is 4. The van der Waals surface area contributed by atoms with Gasteiger partial charge in [-0.25, -0.2) is 0 Å². The zero-order chi connectivity index (χ0) is 13.6. The fourth-order valence-electron chi connectivity index (χ4n) is 1.71. The van der Waals surface area contributed by atoms with Crippen molar-refractivity contribution < 1.29 is 13.2 Å². The average Bonchev–Trinajstić information content (AvgIpc) is 2.68. The molecule has 0 amide bonds. The Hall–Kier alpha value is -0.0700. The van der Waals surface area contributed by atoms with Gasteiger partial charge in [-0.05, 0) is 53.2 Å². The number of hydrogen-bond acceptors (Lipinski definition) is 2. The van der Waals surface area contributed by atoms with Gasteiger partial charge in [0.2, 0.25) is 0 Å². The van der Waals surface area contributed by atoms with Gasteiger partial charge in [0, 0.05) is 21.8 Å². The summed E-state index contributed by atoms with van der Waals surface area (Å²) in [4.78, 5) is 1.09. The van der Waals surface area contributed by atoms with Crippen LogP contribution in [0.5, 0.6) is 0 Å². The second-order valence-electron chi connectivity index (χ2n) is 4.15. The maximum absolute atomic E-state index is 12.2. The van der Waals surface area contributed by atoms with Gasteiger partial charge in [-0.2, -0.15) is 13.2 Å². The number of nitrogens with one attached hydrogen (secondary N) is 1. The van der Waals surface area contributed by atoms with Gasteiger partial charge in [0.1, 0.15) is 0 Å². The van der Waals surface area contributed by atoms with E-state index in [0.29, 0.717) is 6.42 Å². The van der Waals surface area contributed by atoms with Gasteiger partial charge in [-0.15, -0.1) is 11.3 Å². The number of rotatable bonds is 7. The topological polar surface area (TPSA) is 12.0 Å². The van der Waals surface area contributed by atoms with Crippen LogP contribution in [0.1, 0.15) is 43.5 Å². The monoisotopic (exact) mass is 343 g/mol. The molecule has 0 aliphatic heterocycles. The third-order valence-corrected chi connectivity index (χ3v) is 4.54. The molecule has 0 spiro atoms. The molecular weight excluding hydrogens is 327 g/mol. The highest BCUT2D eigenvalue weighted by atomic mass is 79.9. The molecule has 0 aromatic carbocycles. The summed E-state index contributed by atoms with van der Waals surface area (Å²) < 4.78 is 37.4. The summed E-state index contributed by atoms with van der Waals surface area (Å²) >= 11 is 5.01. The summed E-state index contributed by atoms with van der Waals surface area (Å²) in [5.74, 6) is 0. The molecule has 6 heteroatoms. The Balaban J connectivity index is 2.54. The van der Waals surface area contributed by atoms with E-state index in [2.05, 4.69) is 21.2 Å². The van der Waals surface area contributed by atoms with E-state index in [1.165, 1.54) is 0 Å². The first-order valence-electron chi connectivity index (χ1n) is 5.97. The molecule has 0 saturated heterocycles. The van der Waals surface area contributed by atoms with Crippen LogP contribution in [0.15, 0.2) is 15.9 Å². The molecule has 0 aliphatic rings. The minimum Gasteiger partial charge on any atom is -0.309 e. The van der Waals surface area contributed by atoms with Crippen molar-refractivity contribution >= 4 is 27.3 Å². The van der Waals surface area contributed by atoms with Crippen LogP contribution >= 0.6 is 27.3 Å². The van der Waals surface area contributed by atoms with Crippen molar-refractivity contribution in [3.63, 3.8) is 0 Å². The van der Waals surface area contributed by atoms with Crippen LogP contribution in [0.25, 0.3) is 0 Å². The van der Waals surface area contributed by atoms with E-state index in [1.54, 1.807) is 11.3 Å². The molecule has 104 valence electrons. The Labute approximate surface area is 118 Å². The first kappa shape index (κ1) is 16.0. The lowest BCUT2D eigenvalue weighted by Crippen LogP contribution is -2.22. The molecule has 0 bridgehead atoms. The third-order valence-electron chi connectivity index (χ3n) is 2.56. The van der Waals surface area contributed by atoms with Crippen LogP contribution in [0, 0.1) is 0 Å². The first-order chi connectivity index (χ1) is 8.44. The SMILES string of the molecule is CCCNC(CCCC(F)(F)F)c1sccc1Br. The average molecular weight is 344 g/mol. The Morgan fingerprint density at radius 1 is 1.44 bits per heavy atom. The van der Waals surface area contributed by atoms with E-state index in [1.807, 2.05) is 18.4 Å². The van der Waals surface area contributed by atoms with Crippen LogP contribution < -0.4 is 5.32 Å². The minimum absolute atomic E-state index is 0.0154. The van der Waals surface area contributed by atoms with Gasteiger partial charge < -0.3 is 5.32 Å². The van der Waals surface area contributed by atoms with E-state index in [-0.39, 0.29) is 12.5 Å². The molecule has 1 atom stereocenters. The second-order valence-corrected chi connectivity index (χ2v) is 5.95. The van der Waals surface area contributed by atoms with Crippen molar-refractivity contribution in [2.24, 2.45) is 0 Å². The summed E-state index contributed by atoms with van der Waals surface area (Å²) in [5.41, 5.74) is 0. The molecule has 0 fully saturated rings. The Morgan fingerprint density at radius 2 is 2.17 bits per heavy atom. The molecule has 1 unspecified atom stereocenters. The van der Waals surface area contributed by atoms with Gasteiger partial charge in [-0.1, -0.05) is 6.92 Å². The van der Waals surface area contributed by atoms with E-state index >= 15 is 0 Å². The van der Waals surface area contributed by atoms with Crippen molar-refractivity contribution in [1.82, 2.24) is 5.32 Å². The van der Waals surface area contributed by atoms with E-state index in [0.717, 1.165) is 22.3 Å². The molecule has 18 heavy (non-hydrogen) atoms. The molecule has 1 N–H and O–H groups in total. The summed E-state index contributed by atoms with van der Waals surface area (Å²) in [6.07, 6.45) is -3.12. The predicted octanol–water partition coefficient (Wildman–Crippen LogP) is 5.28. The molecule has 1 aromatic rings. The molecule has 1 aromatic heterocycles. The quantitative estimate of drug-likeness (QED) is 0.709. The van der Waals surface area contributed by atoms with Crippen LogP contribution in [0.4, 0.5) is 13.2 Å². The maximum atomic E-state index is 12.2. The smallest absolute Gasteiger partial charge is 0.309 e. The minimum atomic E-state index is -4.05. The Bertz CT molecular complexity index is 351. The van der Waals surface area contributed by atoms with Crippen molar-refractivity contribution in [3.05, 3.63) is 20.8 Å². The molecule has 0 aliphatic carbocycles. The molecule has 0 saturated carbocycles. The summed E-state index contributed by atoms with van der Waals surface area (Å²) in [5, 5.41) is 5.26. The van der Waals surface area contributed by atoms with Gasteiger partial charge in [-0.3, -0.25) is 0 Å². The summed E-state index contributed by atoms with van der Waals surface area (Å²) in [7, 11) is 0. The lowest BCUT2D eigenvalue weighted by molar-refractivity contribution is -0.135. The maximum Gasteiger partial charge on any atom is 0.389 e. The molecule has 1 heterocycles. The van der Waals surface area contributed by atoms with Gasteiger partial charge in [0.25, 0.3) is 0 Å². The van der Waals surface area contributed by atoms with Crippen LogP contribution in [-0.2, 0) is 0 Å². The largest absolute Gasteiger partial charge is 0.389 e. The summed E-state index contributed by atoms with van der Waals surface area (Å²) in [6, 6.07) is 1.95. The lowest BCUT2D eigenvalue weighted by Gasteiger charge is -2.18.